The number of hydrogen-bond donors (Lipinski definition) is 1. The molecule has 1 saturated carbocycles. The molecule has 114 valence electrons. The number of nitrogens with one attached hydrogen (secondary N) is 1. The molecule has 0 radical (unpaired) electrons. The zero-order valence-electron chi connectivity index (χ0n) is 13.4. The molecule has 1 aromatic rings. The van der Waals surface area contributed by atoms with Crippen molar-refractivity contribution >= 4 is 5.95 Å². The SMILES string of the molecule is CN(C)c1ncc(CNCCN(C)C2CCCC2)n1C. The van der Waals surface area contributed by atoms with E-state index < -0.39 is 0 Å². The van der Waals surface area contributed by atoms with E-state index in [0.717, 1.165) is 31.6 Å². The van der Waals surface area contributed by atoms with E-state index in [1.807, 2.05) is 25.2 Å². The Balaban J connectivity index is 1.70. The van der Waals surface area contributed by atoms with E-state index in [4.69, 9.17) is 0 Å². The fraction of sp³-hybridized carbons (Fsp3) is 0.800. The van der Waals surface area contributed by atoms with Crippen molar-refractivity contribution in [2.45, 2.75) is 38.3 Å². The van der Waals surface area contributed by atoms with E-state index in [-0.39, 0.29) is 0 Å². The molecular weight excluding hydrogens is 250 g/mol. The lowest BCUT2D eigenvalue weighted by Gasteiger charge is -2.24. The maximum atomic E-state index is 4.43. The lowest BCUT2D eigenvalue weighted by Crippen LogP contribution is -2.35. The second kappa shape index (κ2) is 7.09. The van der Waals surface area contributed by atoms with E-state index in [0.29, 0.717) is 0 Å². The van der Waals surface area contributed by atoms with Crippen LogP contribution < -0.4 is 10.2 Å². The summed E-state index contributed by atoms with van der Waals surface area (Å²) in [6, 6.07) is 0.814. The summed E-state index contributed by atoms with van der Waals surface area (Å²) in [6.45, 7) is 3.05. The lowest BCUT2D eigenvalue weighted by molar-refractivity contribution is 0.245. The van der Waals surface area contributed by atoms with Crippen LogP contribution in [0.25, 0.3) is 0 Å². The fourth-order valence-electron chi connectivity index (χ4n) is 3.01. The molecule has 0 amide bonds. The second-order valence-corrected chi connectivity index (χ2v) is 6.10. The van der Waals surface area contributed by atoms with Gasteiger partial charge in [-0.3, -0.25) is 0 Å². The Kier molecular flexibility index (Phi) is 5.43. The summed E-state index contributed by atoms with van der Waals surface area (Å²) in [5.41, 5.74) is 1.23. The van der Waals surface area contributed by atoms with E-state index in [1.54, 1.807) is 0 Å². The summed E-state index contributed by atoms with van der Waals surface area (Å²) in [5, 5.41) is 3.53. The molecule has 1 heterocycles. The summed E-state index contributed by atoms with van der Waals surface area (Å²) in [5.74, 6) is 1.00. The first-order valence-corrected chi connectivity index (χ1v) is 7.68. The average Bonchev–Trinajstić information content (AvgIpc) is 3.04. The molecule has 1 N–H and O–H groups in total. The van der Waals surface area contributed by atoms with E-state index in [1.165, 1.54) is 31.4 Å². The summed E-state index contributed by atoms with van der Waals surface area (Å²) in [6.07, 6.45) is 7.54. The van der Waals surface area contributed by atoms with Gasteiger partial charge in [0.15, 0.2) is 0 Å². The molecule has 1 fully saturated rings. The Labute approximate surface area is 123 Å². The monoisotopic (exact) mass is 279 g/mol. The van der Waals surface area contributed by atoms with E-state index in [9.17, 15) is 0 Å². The Morgan fingerprint density at radius 3 is 2.60 bits per heavy atom. The molecule has 0 aliphatic heterocycles. The Hall–Kier alpha value is -1.07. The van der Waals surface area contributed by atoms with Crippen molar-refractivity contribution in [3.8, 4) is 0 Å². The molecule has 0 spiro atoms. The molecule has 1 aliphatic carbocycles. The third-order valence-corrected chi connectivity index (χ3v) is 4.36. The minimum atomic E-state index is 0.814. The van der Waals surface area contributed by atoms with Gasteiger partial charge in [-0.05, 0) is 19.9 Å². The predicted octanol–water partition coefficient (Wildman–Crippen LogP) is 1.45. The van der Waals surface area contributed by atoms with Gasteiger partial charge in [-0.25, -0.2) is 4.98 Å². The van der Waals surface area contributed by atoms with Crippen LogP contribution in [0.3, 0.4) is 0 Å². The van der Waals surface area contributed by atoms with Crippen LogP contribution >= 0.6 is 0 Å². The highest BCUT2D eigenvalue weighted by Crippen LogP contribution is 2.21. The van der Waals surface area contributed by atoms with Crippen molar-refractivity contribution in [1.29, 1.82) is 0 Å². The van der Waals surface area contributed by atoms with Crippen LogP contribution in [-0.4, -0.2) is 54.7 Å². The highest BCUT2D eigenvalue weighted by Gasteiger charge is 2.18. The highest BCUT2D eigenvalue weighted by molar-refractivity contribution is 5.30. The number of likely N-dealkylation sites (N-methyl/N-ethyl adjacent to an activating group) is 1. The van der Waals surface area contributed by atoms with Gasteiger partial charge in [0.1, 0.15) is 0 Å². The third kappa shape index (κ3) is 3.73. The van der Waals surface area contributed by atoms with Gasteiger partial charge in [0, 0.05) is 46.8 Å². The van der Waals surface area contributed by atoms with Gasteiger partial charge in [-0.2, -0.15) is 0 Å². The highest BCUT2D eigenvalue weighted by atomic mass is 15.3. The number of anilines is 1. The van der Waals surface area contributed by atoms with E-state index >= 15 is 0 Å². The number of hydrogen-bond acceptors (Lipinski definition) is 4. The number of aromatic nitrogens is 2. The van der Waals surface area contributed by atoms with Crippen LogP contribution in [0.15, 0.2) is 6.20 Å². The zero-order valence-corrected chi connectivity index (χ0v) is 13.4. The van der Waals surface area contributed by atoms with Crippen molar-refractivity contribution in [2.75, 3.05) is 39.1 Å². The quantitative estimate of drug-likeness (QED) is 0.767. The number of rotatable bonds is 7. The van der Waals surface area contributed by atoms with Crippen molar-refractivity contribution < 1.29 is 0 Å². The molecule has 2 rings (SSSR count). The largest absolute Gasteiger partial charge is 0.348 e. The Bertz CT molecular complexity index is 406. The molecule has 20 heavy (non-hydrogen) atoms. The number of imidazole rings is 1. The van der Waals surface area contributed by atoms with Gasteiger partial charge in [-0.15, -0.1) is 0 Å². The first-order valence-electron chi connectivity index (χ1n) is 7.68. The van der Waals surface area contributed by atoms with Gasteiger partial charge in [0.05, 0.1) is 11.9 Å². The van der Waals surface area contributed by atoms with Crippen LogP contribution in [0.1, 0.15) is 31.4 Å². The first kappa shape index (κ1) is 15.3. The summed E-state index contributed by atoms with van der Waals surface area (Å²) >= 11 is 0. The van der Waals surface area contributed by atoms with Gasteiger partial charge in [0.25, 0.3) is 0 Å². The molecule has 0 atom stereocenters. The van der Waals surface area contributed by atoms with Crippen molar-refractivity contribution in [2.24, 2.45) is 7.05 Å². The summed E-state index contributed by atoms with van der Waals surface area (Å²) in [7, 11) is 8.38. The third-order valence-electron chi connectivity index (χ3n) is 4.36. The molecule has 0 aromatic carbocycles. The average molecular weight is 279 g/mol. The minimum Gasteiger partial charge on any atom is -0.348 e. The minimum absolute atomic E-state index is 0.814. The van der Waals surface area contributed by atoms with Crippen LogP contribution in [-0.2, 0) is 13.6 Å². The molecule has 1 aromatic heterocycles. The molecule has 0 bridgehead atoms. The standard InChI is InChI=1S/C15H29N5/c1-18(2)15-17-12-14(20(15)4)11-16-9-10-19(3)13-7-5-6-8-13/h12-13,16H,5-11H2,1-4H3. The Morgan fingerprint density at radius 1 is 1.30 bits per heavy atom. The van der Waals surface area contributed by atoms with E-state index in [2.05, 4.69) is 33.9 Å². The van der Waals surface area contributed by atoms with Crippen LogP contribution in [0.2, 0.25) is 0 Å². The van der Waals surface area contributed by atoms with Crippen molar-refractivity contribution in [1.82, 2.24) is 19.8 Å². The van der Waals surface area contributed by atoms with Crippen molar-refractivity contribution in [3.05, 3.63) is 11.9 Å². The number of nitrogens with zero attached hydrogens (tertiary/aromatic N) is 4. The molecule has 0 saturated heterocycles. The molecule has 5 nitrogen and oxygen atoms in total. The predicted molar refractivity (Wildman–Crippen MR) is 84.1 cm³/mol. The Morgan fingerprint density at radius 2 is 2.00 bits per heavy atom. The zero-order chi connectivity index (χ0) is 14.5. The smallest absolute Gasteiger partial charge is 0.204 e. The maximum absolute atomic E-state index is 4.43. The normalized spacial score (nSPS) is 16.2. The molecular formula is C15H29N5. The van der Waals surface area contributed by atoms with Gasteiger partial charge < -0.3 is 19.7 Å². The second-order valence-electron chi connectivity index (χ2n) is 6.10. The van der Waals surface area contributed by atoms with Crippen molar-refractivity contribution in [3.63, 3.8) is 0 Å². The fourth-order valence-corrected chi connectivity index (χ4v) is 3.01. The molecule has 1 aliphatic rings. The molecule has 0 unspecified atom stereocenters. The lowest BCUT2D eigenvalue weighted by atomic mass is 10.2. The van der Waals surface area contributed by atoms with Gasteiger partial charge >= 0.3 is 0 Å². The van der Waals surface area contributed by atoms with Crippen LogP contribution in [0.4, 0.5) is 5.95 Å². The van der Waals surface area contributed by atoms with Gasteiger partial charge in [-0.1, -0.05) is 12.8 Å². The molecule has 5 heteroatoms. The van der Waals surface area contributed by atoms with Crippen LogP contribution in [0, 0.1) is 0 Å². The maximum Gasteiger partial charge on any atom is 0.204 e. The topological polar surface area (TPSA) is 36.3 Å². The summed E-state index contributed by atoms with van der Waals surface area (Å²) < 4.78 is 2.15. The van der Waals surface area contributed by atoms with Gasteiger partial charge in [0.2, 0.25) is 5.95 Å². The first-order chi connectivity index (χ1) is 9.59. The summed E-state index contributed by atoms with van der Waals surface area (Å²) in [4.78, 5) is 8.98. The van der Waals surface area contributed by atoms with Crippen LogP contribution in [0.5, 0.6) is 0 Å².